The fourth-order valence-electron chi connectivity index (χ4n) is 1.63. The van der Waals surface area contributed by atoms with Crippen LogP contribution in [0.3, 0.4) is 0 Å². The molecule has 0 aliphatic carbocycles. The molecule has 0 spiro atoms. The molecule has 0 aliphatic rings. The number of rotatable bonds is 3. The summed E-state index contributed by atoms with van der Waals surface area (Å²) in [5.74, 6) is -0.668. The van der Waals surface area contributed by atoms with Gasteiger partial charge in [0.25, 0.3) is 5.56 Å². The molecule has 1 aromatic carbocycles. The molecular formula is C13H11N3O3. The largest absolute Gasteiger partial charge is 0.462 e. The van der Waals surface area contributed by atoms with Crippen LogP contribution < -0.4 is 5.56 Å². The third-order valence-electron chi connectivity index (χ3n) is 2.50. The Morgan fingerprint density at radius 3 is 3.00 bits per heavy atom. The number of aromatic nitrogens is 2. The number of ether oxygens (including phenoxy) is 1. The summed E-state index contributed by atoms with van der Waals surface area (Å²) in [6.07, 6.45) is 1.29. The lowest BCUT2D eigenvalue weighted by molar-refractivity contribution is 0.0525. The molecule has 1 N–H and O–H groups in total. The zero-order chi connectivity index (χ0) is 13.8. The summed E-state index contributed by atoms with van der Waals surface area (Å²) in [5.41, 5.74) is 0.342. The summed E-state index contributed by atoms with van der Waals surface area (Å²) < 4.78 is 5.97. The Kier molecular flexibility index (Phi) is 3.48. The van der Waals surface area contributed by atoms with Crippen LogP contribution in [-0.2, 0) is 4.74 Å². The molecule has 0 bridgehead atoms. The molecule has 1 aromatic heterocycles. The van der Waals surface area contributed by atoms with Crippen molar-refractivity contribution in [2.45, 2.75) is 6.92 Å². The first-order valence-electron chi connectivity index (χ1n) is 5.65. The first kappa shape index (κ1) is 12.6. The number of hydrogen-bond acceptors (Lipinski definition) is 4. The van der Waals surface area contributed by atoms with Crippen molar-refractivity contribution >= 4 is 5.97 Å². The SMILES string of the molecule is CCOC(=O)c1c[nH]n(-c2cccc(C#N)c2)c1=O. The van der Waals surface area contributed by atoms with Gasteiger partial charge in [-0.15, -0.1) is 0 Å². The number of nitrogens with one attached hydrogen (secondary N) is 1. The average Bonchev–Trinajstić information content (AvgIpc) is 2.81. The van der Waals surface area contributed by atoms with Crippen molar-refractivity contribution in [3.63, 3.8) is 0 Å². The zero-order valence-corrected chi connectivity index (χ0v) is 10.2. The van der Waals surface area contributed by atoms with Gasteiger partial charge in [0.2, 0.25) is 0 Å². The van der Waals surface area contributed by atoms with E-state index in [9.17, 15) is 9.59 Å². The first-order valence-corrected chi connectivity index (χ1v) is 5.65. The van der Waals surface area contributed by atoms with E-state index in [0.29, 0.717) is 11.3 Å². The Labute approximate surface area is 108 Å². The molecule has 0 amide bonds. The summed E-state index contributed by atoms with van der Waals surface area (Å²) in [6.45, 7) is 1.87. The van der Waals surface area contributed by atoms with Gasteiger partial charge in [0, 0.05) is 6.20 Å². The molecule has 0 radical (unpaired) electrons. The van der Waals surface area contributed by atoms with E-state index in [2.05, 4.69) is 5.10 Å². The summed E-state index contributed by atoms with van der Waals surface area (Å²) in [5, 5.41) is 11.5. The third kappa shape index (κ3) is 2.40. The van der Waals surface area contributed by atoms with Gasteiger partial charge >= 0.3 is 5.97 Å². The van der Waals surface area contributed by atoms with Crippen molar-refractivity contribution in [3.05, 3.63) is 51.9 Å². The van der Waals surface area contributed by atoms with Crippen molar-refractivity contribution in [1.29, 1.82) is 5.26 Å². The zero-order valence-electron chi connectivity index (χ0n) is 10.2. The molecule has 19 heavy (non-hydrogen) atoms. The number of esters is 1. The number of nitrogens with zero attached hydrogens (tertiary/aromatic N) is 2. The number of carbonyl (C=O) groups is 1. The minimum atomic E-state index is -0.668. The van der Waals surface area contributed by atoms with Crippen LogP contribution in [0.1, 0.15) is 22.8 Å². The van der Waals surface area contributed by atoms with Gasteiger partial charge < -0.3 is 4.74 Å². The van der Waals surface area contributed by atoms with Gasteiger partial charge in [0.05, 0.1) is 23.9 Å². The van der Waals surface area contributed by atoms with Crippen LogP contribution in [0.4, 0.5) is 0 Å². The Morgan fingerprint density at radius 2 is 2.32 bits per heavy atom. The summed E-state index contributed by atoms with van der Waals surface area (Å²) >= 11 is 0. The first-order chi connectivity index (χ1) is 9.17. The van der Waals surface area contributed by atoms with Gasteiger partial charge in [-0.2, -0.15) is 5.26 Å². The van der Waals surface area contributed by atoms with Crippen LogP contribution in [0.15, 0.2) is 35.3 Å². The van der Waals surface area contributed by atoms with Gasteiger partial charge in [-0.3, -0.25) is 9.89 Å². The van der Waals surface area contributed by atoms with E-state index in [0.717, 1.165) is 0 Å². The van der Waals surface area contributed by atoms with E-state index >= 15 is 0 Å². The number of aromatic amines is 1. The fourth-order valence-corrected chi connectivity index (χ4v) is 1.63. The third-order valence-corrected chi connectivity index (χ3v) is 2.50. The maximum Gasteiger partial charge on any atom is 0.345 e. The Bertz CT molecular complexity index is 706. The van der Waals surface area contributed by atoms with Gasteiger partial charge in [0.15, 0.2) is 0 Å². The minimum Gasteiger partial charge on any atom is -0.462 e. The van der Waals surface area contributed by atoms with E-state index in [-0.39, 0.29) is 12.2 Å². The predicted octanol–water partition coefficient (Wildman–Crippen LogP) is 1.21. The molecule has 2 aromatic rings. The van der Waals surface area contributed by atoms with Gasteiger partial charge in [-0.1, -0.05) is 6.07 Å². The summed E-state index contributed by atoms with van der Waals surface area (Å²) in [7, 11) is 0. The van der Waals surface area contributed by atoms with Crippen LogP contribution in [0.5, 0.6) is 0 Å². The lowest BCUT2D eigenvalue weighted by Gasteiger charge is -2.01. The van der Waals surface area contributed by atoms with Crippen LogP contribution >= 0.6 is 0 Å². The second-order valence-corrected chi connectivity index (χ2v) is 3.71. The lowest BCUT2D eigenvalue weighted by Crippen LogP contribution is -2.21. The van der Waals surface area contributed by atoms with E-state index < -0.39 is 11.5 Å². The Hall–Kier alpha value is -2.81. The molecular weight excluding hydrogens is 246 g/mol. The molecule has 96 valence electrons. The van der Waals surface area contributed by atoms with Gasteiger partial charge in [0.1, 0.15) is 5.56 Å². The Morgan fingerprint density at radius 1 is 1.53 bits per heavy atom. The van der Waals surface area contributed by atoms with Crippen molar-refractivity contribution in [1.82, 2.24) is 9.78 Å². The Balaban J connectivity index is 2.45. The molecule has 0 saturated carbocycles. The molecule has 0 aliphatic heterocycles. The molecule has 0 fully saturated rings. The molecule has 6 heteroatoms. The quantitative estimate of drug-likeness (QED) is 0.837. The normalized spacial score (nSPS) is 9.89. The standard InChI is InChI=1S/C13H11N3O3/c1-2-19-13(18)11-8-15-16(12(11)17)10-5-3-4-9(6-10)7-14/h3-6,8,15H,2H2,1H3. The van der Waals surface area contributed by atoms with Crippen molar-refractivity contribution in [2.24, 2.45) is 0 Å². The summed E-state index contributed by atoms with van der Waals surface area (Å²) in [6, 6.07) is 8.48. The van der Waals surface area contributed by atoms with E-state index in [1.165, 1.54) is 10.9 Å². The van der Waals surface area contributed by atoms with E-state index in [1.54, 1.807) is 31.2 Å². The lowest BCUT2D eigenvalue weighted by atomic mass is 10.2. The van der Waals surface area contributed by atoms with Gasteiger partial charge in [-0.05, 0) is 25.1 Å². The number of hydrogen-bond donors (Lipinski definition) is 1. The maximum absolute atomic E-state index is 12.0. The second kappa shape index (κ2) is 5.23. The van der Waals surface area contributed by atoms with Gasteiger partial charge in [-0.25, -0.2) is 9.48 Å². The van der Waals surface area contributed by atoms with Crippen molar-refractivity contribution in [3.8, 4) is 11.8 Å². The topological polar surface area (TPSA) is 87.9 Å². The fraction of sp³-hybridized carbons (Fsp3) is 0.154. The van der Waals surface area contributed by atoms with Crippen molar-refractivity contribution < 1.29 is 9.53 Å². The second-order valence-electron chi connectivity index (χ2n) is 3.71. The predicted molar refractivity (Wildman–Crippen MR) is 67.1 cm³/mol. The smallest absolute Gasteiger partial charge is 0.345 e. The molecule has 0 saturated heterocycles. The highest BCUT2D eigenvalue weighted by Gasteiger charge is 2.16. The van der Waals surface area contributed by atoms with Crippen LogP contribution in [-0.4, -0.2) is 22.4 Å². The highest BCUT2D eigenvalue weighted by molar-refractivity contribution is 5.88. The maximum atomic E-state index is 12.0. The van der Waals surface area contributed by atoms with Crippen LogP contribution in [0, 0.1) is 11.3 Å². The molecule has 0 unspecified atom stereocenters. The van der Waals surface area contributed by atoms with Crippen molar-refractivity contribution in [2.75, 3.05) is 6.61 Å². The molecule has 0 atom stereocenters. The monoisotopic (exact) mass is 257 g/mol. The van der Waals surface area contributed by atoms with Crippen LogP contribution in [0.2, 0.25) is 0 Å². The average molecular weight is 257 g/mol. The molecule has 1 heterocycles. The minimum absolute atomic E-state index is 0.0655. The number of carbonyl (C=O) groups excluding carboxylic acids is 1. The summed E-state index contributed by atoms with van der Waals surface area (Å²) in [4.78, 5) is 23.6. The number of benzene rings is 1. The highest BCUT2D eigenvalue weighted by atomic mass is 16.5. The number of H-pyrrole nitrogens is 1. The number of nitriles is 1. The van der Waals surface area contributed by atoms with E-state index in [1.807, 2.05) is 6.07 Å². The van der Waals surface area contributed by atoms with Crippen LogP contribution in [0.25, 0.3) is 5.69 Å². The molecule has 6 nitrogen and oxygen atoms in total. The molecule has 2 rings (SSSR count). The van der Waals surface area contributed by atoms with E-state index in [4.69, 9.17) is 10.00 Å². The highest BCUT2D eigenvalue weighted by Crippen LogP contribution is 2.07.